The largest absolute Gasteiger partial charge is 0.494 e. The van der Waals surface area contributed by atoms with Gasteiger partial charge in [-0.25, -0.2) is 4.98 Å². The molecular formula is C23H24N2O4. The third kappa shape index (κ3) is 4.17. The summed E-state index contributed by atoms with van der Waals surface area (Å²) in [6.07, 6.45) is 0. The highest BCUT2D eigenvalue weighted by Gasteiger charge is 2.17. The van der Waals surface area contributed by atoms with Gasteiger partial charge in [-0.2, -0.15) is 0 Å². The van der Waals surface area contributed by atoms with Crippen LogP contribution in [0, 0.1) is 6.92 Å². The second kappa shape index (κ2) is 8.49. The van der Waals surface area contributed by atoms with Crippen LogP contribution >= 0.6 is 0 Å². The molecule has 4 rings (SSSR count). The number of hydrogen-bond donors (Lipinski definition) is 0. The van der Waals surface area contributed by atoms with Crippen molar-refractivity contribution in [2.24, 2.45) is 0 Å². The van der Waals surface area contributed by atoms with Gasteiger partial charge in [0.05, 0.1) is 26.0 Å². The quantitative estimate of drug-likeness (QED) is 0.666. The smallest absolute Gasteiger partial charge is 0.260 e. The standard InChI is InChI=1S/C23H24N2O4/c1-16-14-20(24-23-19(16)4-3-5-21(23)27-2)17-6-8-18(9-7-17)29-15-22(26)25-10-12-28-13-11-25/h3-9,14H,10-13,15H2,1-2H3. The Hall–Kier alpha value is -3.12. The number of carbonyl (C=O) groups is 1. The average molecular weight is 392 g/mol. The number of benzene rings is 2. The molecule has 3 aromatic rings. The monoisotopic (exact) mass is 392 g/mol. The molecule has 2 aromatic carbocycles. The third-order valence-corrected chi connectivity index (χ3v) is 5.11. The molecule has 0 saturated carbocycles. The highest BCUT2D eigenvalue weighted by molar-refractivity contribution is 5.89. The zero-order valence-corrected chi connectivity index (χ0v) is 16.7. The molecule has 1 fully saturated rings. The van der Waals surface area contributed by atoms with Crippen LogP contribution < -0.4 is 9.47 Å². The van der Waals surface area contributed by atoms with Crippen LogP contribution in [0.3, 0.4) is 0 Å². The molecule has 0 radical (unpaired) electrons. The van der Waals surface area contributed by atoms with E-state index in [-0.39, 0.29) is 12.5 Å². The van der Waals surface area contributed by atoms with E-state index in [0.29, 0.717) is 32.1 Å². The van der Waals surface area contributed by atoms with Crippen molar-refractivity contribution in [3.63, 3.8) is 0 Å². The van der Waals surface area contributed by atoms with Crippen molar-refractivity contribution < 1.29 is 19.0 Å². The van der Waals surface area contributed by atoms with Crippen molar-refractivity contribution in [2.45, 2.75) is 6.92 Å². The molecule has 0 aliphatic carbocycles. The normalized spacial score (nSPS) is 14.1. The fraction of sp³-hybridized carbons (Fsp3) is 0.304. The van der Waals surface area contributed by atoms with Gasteiger partial charge in [-0.15, -0.1) is 0 Å². The van der Waals surface area contributed by atoms with E-state index in [1.165, 1.54) is 0 Å². The van der Waals surface area contributed by atoms with E-state index in [4.69, 9.17) is 19.2 Å². The van der Waals surface area contributed by atoms with E-state index >= 15 is 0 Å². The van der Waals surface area contributed by atoms with Crippen molar-refractivity contribution >= 4 is 16.8 Å². The van der Waals surface area contributed by atoms with Crippen LogP contribution in [0.25, 0.3) is 22.2 Å². The summed E-state index contributed by atoms with van der Waals surface area (Å²) in [5.74, 6) is 1.40. The van der Waals surface area contributed by atoms with Crippen LogP contribution in [0.1, 0.15) is 5.56 Å². The Morgan fingerprint density at radius 3 is 2.62 bits per heavy atom. The first-order valence-electron chi connectivity index (χ1n) is 9.69. The summed E-state index contributed by atoms with van der Waals surface area (Å²) in [5.41, 5.74) is 3.84. The lowest BCUT2D eigenvalue weighted by Gasteiger charge is -2.26. The van der Waals surface area contributed by atoms with Gasteiger partial charge in [0, 0.05) is 24.0 Å². The molecule has 1 aliphatic heterocycles. The summed E-state index contributed by atoms with van der Waals surface area (Å²) in [6, 6.07) is 15.7. The molecule has 0 spiro atoms. The number of pyridine rings is 1. The predicted molar refractivity (Wildman–Crippen MR) is 111 cm³/mol. The molecule has 0 unspecified atom stereocenters. The Morgan fingerprint density at radius 1 is 1.14 bits per heavy atom. The van der Waals surface area contributed by atoms with Gasteiger partial charge < -0.3 is 19.1 Å². The number of aromatic nitrogens is 1. The molecular weight excluding hydrogens is 368 g/mol. The molecule has 0 bridgehead atoms. The van der Waals surface area contributed by atoms with Gasteiger partial charge in [0.1, 0.15) is 17.0 Å². The number of nitrogens with zero attached hydrogens (tertiary/aromatic N) is 2. The molecule has 6 nitrogen and oxygen atoms in total. The van der Waals surface area contributed by atoms with Gasteiger partial charge in [-0.05, 0) is 48.9 Å². The van der Waals surface area contributed by atoms with Gasteiger partial charge >= 0.3 is 0 Å². The molecule has 1 amide bonds. The van der Waals surface area contributed by atoms with Gasteiger partial charge in [-0.1, -0.05) is 12.1 Å². The Labute approximate surface area is 170 Å². The number of ether oxygens (including phenoxy) is 3. The minimum absolute atomic E-state index is 0.0173. The molecule has 1 saturated heterocycles. The number of morpholine rings is 1. The Bertz CT molecular complexity index is 1010. The van der Waals surface area contributed by atoms with Crippen LogP contribution in [-0.4, -0.2) is 55.8 Å². The highest BCUT2D eigenvalue weighted by Crippen LogP contribution is 2.30. The minimum Gasteiger partial charge on any atom is -0.494 e. The summed E-state index contributed by atoms with van der Waals surface area (Å²) in [5, 5.41) is 1.08. The van der Waals surface area contributed by atoms with E-state index in [0.717, 1.165) is 33.5 Å². The zero-order valence-electron chi connectivity index (χ0n) is 16.7. The predicted octanol–water partition coefficient (Wildman–Crippen LogP) is 3.46. The van der Waals surface area contributed by atoms with Crippen molar-refractivity contribution in [3.8, 4) is 22.8 Å². The Morgan fingerprint density at radius 2 is 1.90 bits per heavy atom. The lowest BCUT2D eigenvalue weighted by molar-refractivity contribution is -0.137. The molecule has 150 valence electrons. The van der Waals surface area contributed by atoms with Crippen LogP contribution in [-0.2, 0) is 9.53 Å². The van der Waals surface area contributed by atoms with Gasteiger partial charge in [0.15, 0.2) is 6.61 Å². The van der Waals surface area contributed by atoms with Crippen molar-refractivity contribution in [3.05, 3.63) is 54.1 Å². The van der Waals surface area contributed by atoms with E-state index in [9.17, 15) is 4.79 Å². The summed E-state index contributed by atoms with van der Waals surface area (Å²) < 4.78 is 16.4. The molecule has 29 heavy (non-hydrogen) atoms. The number of para-hydroxylation sites is 1. The van der Waals surface area contributed by atoms with E-state index in [1.807, 2.05) is 42.5 Å². The van der Waals surface area contributed by atoms with Crippen LogP contribution in [0.2, 0.25) is 0 Å². The SMILES string of the molecule is COc1cccc2c(C)cc(-c3ccc(OCC(=O)N4CCOCC4)cc3)nc12. The number of fused-ring (bicyclic) bond motifs is 1. The van der Waals surface area contributed by atoms with Gasteiger partial charge in [-0.3, -0.25) is 4.79 Å². The minimum atomic E-state index is -0.0173. The van der Waals surface area contributed by atoms with Crippen LogP contribution in [0.15, 0.2) is 48.5 Å². The molecule has 0 atom stereocenters. The molecule has 0 N–H and O–H groups in total. The van der Waals surface area contributed by atoms with Crippen LogP contribution in [0.4, 0.5) is 0 Å². The molecule has 1 aromatic heterocycles. The first-order valence-corrected chi connectivity index (χ1v) is 9.69. The average Bonchev–Trinajstić information content (AvgIpc) is 2.78. The number of hydrogen-bond acceptors (Lipinski definition) is 5. The number of aryl methyl sites for hydroxylation is 1. The van der Waals surface area contributed by atoms with Crippen LogP contribution in [0.5, 0.6) is 11.5 Å². The topological polar surface area (TPSA) is 60.9 Å². The molecule has 1 aliphatic rings. The zero-order chi connectivity index (χ0) is 20.2. The second-order valence-corrected chi connectivity index (χ2v) is 6.99. The Kier molecular flexibility index (Phi) is 5.62. The number of carbonyl (C=O) groups excluding carboxylic acids is 1. The van der Waals surface area contributed by atoms with Gasteiger partial charge in [0.25, 0.3) is 5.91 Å². The lowest BCUT2D eigenvalue weighted by Crippen LogP contribution is -2.42. The maximum atomic E-state index is 12.2. The Balaban J connectivity index is 1.49. The van der Waals surface area contributed by atoms with E-state index in [1.54, 1.807) is 12.0 Å². The van der Waals surface area contributed by atoms with Crippen molar-refractivity contribution in [2.75, 3.05) is 40.0 Å². The van der Waals surface area contributed by atoms with E-state index in [2.05, 4.69) is 13.0 Å². The number of methoxy groups -OCH3 is 1. The summed E-state index contributed by atoms with van der Waals surface area (Å²) >= 11 is 0. The van der Waals surface area contributed by atoms with Crippen molar-refractivity contribution in [1.82, 2.24) is 9.88 Å². The first-order chi connectivity index (χ1) is 14.2. The summed E-state index contributed by atoms with van der Waals surface area (Å²) in [6.45, 7) is 4.52. The lowest BCUT2D eigenvalue weighted by atomic mass is 10.0. The van der Waals surface area contributed by atoms with Gasteiger partial charge in [0.2, 0.25) is 0 Å². The third-order valence-electron chi connectivity index (χ3n) is 5.11. The summed E-state index contributed by atoms with van der Waals surface area (Å²) in [4.78, 5) is 18.8. The number of rotatable bonds is 5. The summed E-state index contributed by atoms with van der Waals surface area (Å²) in [7, 11) is 1.66. The van der Waals surface area contributed by atoms with Crippen molar-refractivity contribution in [1.29, 1.82) is 0 Å². The van der Waals surface area contributed by atoms with E-state index < -0.39 is 0 Å². The number of amides is 1. The first kappa shape index (κ1) is 19.2. The molecule has 6 heteroatoms. The maximum absolute atomic E-state index is 12.2. The highest BCUT2D eigenvalue weighted by atomic mass is 16.5. The fourth-order valence-electron chi connectivity index (χ4n) is 3.48. The second-order valence-electron chi connectivity index (χ2n) is 6.99. The molecule has 2 heterocycles. The maximum Gasteiger partial charge on any atom is 0.260 e. The fourth-order valence-corrected chi connectivity index (χ4v) is 3.48.